The number of methoxy groups -OCH3 is 1. The lowest BCUT2D eigenvalue weighted by atomic mass is 10.2. The summed E-state index contributed by atoms with van der Waals surface area (Å²) in [5.74, 6) is 0.425. The van der Waals surface area contributed by atoms with Gasteiger partial charge in [0.15, 0.2) is 0 Å². The molecule has 1 unspecified atom stereocenters. The monoisotopic (exact) mass is 409 g/mol. The van der Waals surface area contributed by atoms with Gasteiger partial charge in [0.25, 0.3) is 0 Å². The molecular weight excluding hydrogens is 391 g/mol. The SMILES string of the molecule is COc1ccc(Oc2ccc(C(F)(F)F)cc2)cc1NC(=O)C1CNC(=O)N1C. The molecular formula is C19H18F3N3O4. The highest BCUT2D eigenvalue weighted by molar-refractivity contribution is 5.99. The number of hydrogen-bond acceptors (Lipinski definition) is 4. The van der Waals surface area contributed by atoms with E-state index in [2.05, 4.69) is 10.6 Å². The number of carbonyl (C=O) groups is 2. The van der Waals surface area contributed by atoms with Crippen LogP contribution in [0.25, 0.3) is 0 Å². The van der Waals surface area contributed by atoms with Gasteiger partial charge in [0.1, 0.15) is 23.3 Å². The molecule has 3 rings (SSSR count). The van der Waals surface area contributed by atoms with Crippen LogP contribution in [-0.2, 0) is 11.0 Å². The van der Waals surface area contributed by atoms with Crippen molar-refractivity contribution in [1.82, 2.24) is 10.2 Å². The van der Waals surface area contributed by atoms with Crippen molar-refractivity contribution in [3.05, 3.63) is 48.0 Å². The smallest absolute Gasteiger partial charge is 0.416 e. The van der Waals surface area contributed by atoms with E-state index in [1.54, 1.807) is 12.1 Å². The second-order valence-electron chi connectivity index (χ2n) is 6.29. The molecule has 0 bridgehead atoms. The molecule has 154 valence electrons. The third-order valence-electron chi connectivity index (χ3n) is 4.38. The standard InChI is InChI=1S/C19H18F3N3O4/c1-25-15(10-23-18(25)27)17(26)24-14-9-13(7-8-16(14)28-2)29-12-5-3-11(4-6-12)19(20,21)22/h3-9,15H,10H2,1-2H3,(H,23,27)(H,24,26). The summed E-state index contributed by atoms with van der Waals surface area (Å²) in [4.78, 5) is 25.3. The second-order valence-corrected chi connectivity index (χ2v) is 6.29. The van der Waals surface area contributed by atoms with Gasteiger partial charge in [0.2, 0.25) is 5.91 Å². The Labute approximate surface area is 164 Å². The van der Waals surface area contributed by atoms with Crippen LogP contribution in [0.2, 0.25) is 0 Å². The van der Waals surface area contributed by atoms with Crippen LogP contribution in [0.15, 0.2) is 42.5 Å². The molecule has 1 fully saturated rings. The van der Waals surface area contributed by atoms with Gasteiger partial charge in [-0.25, -0.2) is 4.79 Å². The number of nitrogens with zero attached hydrogens (tertiary/aromatic N) is 1. The lowest BCUT2D eigenvalue weighted by Crippen LogP contribution is -2.40. The van der Waals surface area contributed by atoms with Gasteiger partial charge in [0.05, 0.1) is 18.4 Å². The molecule has 10 heteroatoms. The van der Waals surface area contributed by atoms with Crippen LogP contribution in [0.1, 0.15) is 5.56 Å². The van der Waals surface area contributed by atoms with E-state index in [0.717, 1.165) is 12.1 Å². The molecule has 0 spiro atoms. The largest absolute Gasteiger partial charge is 0.495 e. The summed E-state index contributed by atoms with van der Waals surface area (Å²) >= 11 is 0. The molecule has 0 radical (unpaired) electrons. The lowest BCUT2D eigenvalue weighted by molar-refractivity contribution is -0.137. The topological polar surface area (TPSA) is 79.9 Å². The van der Waals surface area contributed by atoms with Gasteiger partial charge in [-0.15, -0.1) is 0 Å². The number of anilines is 1. The van der Waals surface area contributed by atoms with Crippen LogP contribution in [-0.4, -0.2) is 43.6 Å². The number of halogens is 3. The molecule has 1 saturated heterocycles. The molecule has 2 N–H and O–H groups in total. The predicted molar refractivity (Wildman–Crippen MR) is 98.1 cm³/mol. The summed E-state index contributed by atoms with van der Waals surface area (Å²) in [6.07, 6.45) is -4.43. The number of nitrogens with one attached hydrogen (secondary N) is 2. The maximum absolute atomic E-state index is 12.7. The van der Waals surface area contributed by atoms with E-state index in [1.807, 2.05) is 0 Å². The molecule has 1 atom stereocenters. The normalized spacial score (nSPS) is 16.4. The van der Waals surface area contributed by atoms with Gasteiger partial charge in [-0.3, -0.25) is 4.79 Å². The first-order chi connectivity index (χ1) is 13.7. The van der Waals surface area contributed by atoms with E-state index in [9.17, 15) is 22.8 Å². The number of carbonyl (C=O) groups excluding carboxylic acids is 2. The Morgan fingerprint density at radius 2 is 1.83 bits per heavy atom. The van der Waals surface area contributed by atoms with Gasteiger partial charge in [-0.2, -0.15) is 13.2 Å². The molecule has 29 heavy (non-hydrogen) atoms. The summed E-state index contributed by atoms with van der Waals surface area (Å²) < 4.78 is 48.8. The Bertz CT molecular complexity index is 916. The number of alkyl halides is 3. The molecule has 1 aliphatic heterocycles. The Morgan fingerprint density at radius 1 is 1.17 bits per heavy atom. The number of amides is 3. The maximum atomic E-state index is 12.7. The van der Waals surface area contributed by atoms with Gasteiger partial charge in [-0.05, 0) is 36.4 Å². The Morgan fingerprint density at radius 3 is 2.38 bits per heavy atom. The maximum Gasteiger partial charge on any atom is 0.416 e. The third-order valence-corrected chi connectivity index (χ3v) is 4.38. The summed E-state index contributed by atoms with van der Waals surface area (Å²) in [6, 6.07) is 7.80. The van der Waals surface area contributed by atoms with Crippen LogP contribution < -0.4 is 20.1 Å². The van der Waals surface area contributed by atoms with Crippen LogP contribution in [0.3, 0.4) is 0 Å². The fraction of sp³-hybridized carbons (Fsp3) is 0.263. The minimum absolute atomic E-state index is 0.172. The molecule has 2 aromatic rings. The number of urea groups is 1. The number of rotatable bonds is 5. The molecule has 0 aromatic heterocycles. The molecule has 0 aliphatic carbocycles. The van der Waals surface area contributed by atoms with Crippen molar-refractivity contribution in [1.29, 1.82) is 0 Å². The van der Waals surface area contributed by atoms with E-state index < -0.39 is 23.7 Å². The number of ether oxygens (including phenoxy) is 2. The zero-order chi connectivity index (χ0) is 21.2. The third kappa shape index (κ3) is 4.53. The summed E-state index contributed by atoms with van der Waals surface area (Å²) in [5.41, 5.74) is -0.481. The van der Waals surface area contributed by atoms with Crippen molar-refractivity contribution in [2.24, 2.45) is 0 Å². The van der Waals surface area contributed by atoms with E-state index in [0.29, 0.717) is 11.4 Å². The van der Waals surface area contributed by atoms with Crippen molar-refractivity contribution in [3.63, 3.8) is 0 Å². The summed E-state index contributed by atoms with van der Waals surface area (Å²) in [6.45, 7) is 0.172. The number of hydrogen-bond donors (Lipinski definition) is 2. The average Bonchev–Trinajstić information content (AvgIpc) is 3.00. The highest BCUT2D eigenvalue weighted by Gasteiger charge is 2.33. The van der Waals surface area contributed by atoms with E-state index in [1.165, 1.54) is 37.3 Å². The summed E-state index contributed by atoms with van der Waals surface area (Å²) in [7, 11) is 2.93. The van der Waals surface area contributed by atoms with Crippen molar-refractivity contribution < 1.29 is 32.2 Å². The van der Waals surface area contributed by atoms with Gasteiger partial charge in [0, 0.05) is 19.7 Å². The molecule has 0 saturated carbocycles. The van der Waals surface area contributed by atoms with Crippen molar-refractivity contribution in [2.45, 2.75) is 12.2 Å². The Hall–Kier alpha value is -3.43. The minimum Gasteiger partial charge on any atom is -0.495 e. The zero-order valence-corrected chi connectivity index (χ0v) is 15.5. The Kier molecular flexibility index (Phi) is 5.53. The second kappa shape index (κ2) is 7.90. The van der Waals surface area contributed by atoms with Gasteiger partial charge >= 0.3 is 12.2 Å². The van der Waals surface area contributed by atoms with E-state index in [-0.39, 0.29) is 24.1 Å². The zero-order valence-electron chi connectivity index (χ0n) is 15.5. The number of benzene rings is 2. The van der Waals surface area contributed by atoms with Crippen LogP contribution >= 0.6 is 0 Å². The van der Waals surface area contributed by atoms with Crippen LogP contribution in [0, 0.1) is 0 Å². The van der Waals surface area contributed by atoms with Gasteiger partial charge < -0.3 is 25.0 Å². The van der Waals surface area contributed by atoms with Crippen molar-refractivity contribution in [2.75, 3.05) is 26.0 Å². The Balaban J connectivity index is 1.76. The quantitative estimate of drug-likeness (QED) is 0.793. The van der Waals surface area contributed by atoms with Crippen molar-refractivity contribution in [3.8, 4) is 17.2 Å². The highest BCUT2D eigenvalue weighted by Crippen LogP contribution is 2.34. The molecule has 1 heterocycles. The molecule has 3 amide bonds. The van der Waals surface area contributed by atoms with Crippen LogP contribution in [0.4, 0.5) is 23.7 Å². The van der Waals surface area contributed by atoms with Crippen LogP contribution in [0.5, 0.6) is 17.2 Å². The first kappa shape index (κ1) is 20.3. The fourth-order valence-corrected chi connectivity index (χ4v) is 2.77. The average molecular weight is 409 g/mol. The minimum atomic E-state index is -4.43. The van der Waals surface area contributed by atoms with E-state index >= 15 is 0 Å². The lowest BCUT2D eigenvalue weighted by Gasteiger charge is -2.19. The molecule has 2 aromatic carbocycles. The van der Waals surface area contributed by atoms with Gasteiger partial charge in [-0.1, -0.05) is 0 Å². The molecule has 7 nitrogen and oxygen atoms in total. The first-order valence-corrected chi connectivity index (χ1v) is 8.53. The molecule has 1 aliphatic rings. The first-order valence-electron chi connectivity index (χ1n) is 8.53. The highest BCUT2D eigenvalue weighted by atomic mass is 19.4. The summed E-state index contributed by atoms with van der Waals surface area (Å²) in [5, 5.41) is 5.25. The van der Waals surface area contributed by atoms with Crippen molar-refractivity contribution >= 4 is 17.6 Å². The number of likely N-dealkylation sites (N-methyl/N-ethyl adjacent to an activating group) is 1. The predicted octanol–water partition coefficient (Wildman–Crippen LogP) is 3.47. The van der Waals surface area contributed by atoms with E-state index in [4.69, 9.17) is 9.47 Å². The fourth-order valence-electron chi connectivity index (χ4n) is 2.77.